The highest BCUT2D eigenvalue weighted by Crippen LogP contribution is 2.31. The van der Waals surface area contributed by atoms with Crippen molar-refractivity contribution in [2.75, 3.05) is 18.0 Å². The summed E-state index contributed by atoms with van der Waals surface area (Å²) in [5, 5.41) is 11.8. The molecule has 4 amide bonds. The molecule has 0 aliphatic carbocycles. The van der Waals surface area contributed by atoms with Crippen LogP contribution < -0.4 is 10.2 Å². The summed E-state index contributed by atoms with van der Waals surface area (Å²) in [5.74, 6) is -0.808. The van der Waals surface area contributed by atoms with Crippen molar-refractivity contribution in [2.45, 2.75) is 18.9 Å². The second-order valence-electron chi connectivity index (χ2n) is 7.06. The van der Waals surface area contributed by atoms with E-state index >= 15 is 0 Å². The summed E-state index contributed by atoms with van der Waals surface area (Å²) in [6.07, 6.45) is 0.751. The van der Waals surface area contributed by atoms with E-state index in [0.29, 0.717) is 17.7 Å². The zero-order chi connectivity index (χ0) is 19.9. The Hall–Kier alpha value is -3.66. The fourth-order valence-electron chi connectivity index (χ4n) is 3.75. The van der Waals surface area contributed by atoms with Crippen molar-refractivity contribution in [3.05, 3.63) is 65.2 Å². The average molecular weight is 374 g/mol. The maximum Gasteiger partial charge on any atom is 0.325 e. The Morgan fingerprint density at radius 3 is 2.79 bits per heavy atom. The number of amides is 4. The van der Waals surface area contributed by atoms with Crippen LogP contribution in [0.4, 0.5) is 10.5 Å². The van der Waals surface area contributed by atoms with Gasteiger partial charge in [-0.15, -0.1) is 0 Å². The standard InChI is InChI=1S/C21H18N4O3/c1-21(16-7-4-5-14(11-16)12-22)19(27)25(20(28)23-21)13-18(26)24-10-9-15-6-2-3-8-17(15)24/h2-8,11H,9-10,13H2,1H3,(H,23,28). The van der Waals surface area contributed by atoms with Gasteiger partial charge in [0.25, 0.3) is 5.91 Å². The average Bonchev–Trinajstić information content (AvgIpc) is 3.23. The first kappa shape index (κ1) is 17.7. The van der Waals surface area contributed by atoms with E-state index in [-0.39, 0.29) is 12.5 Å². The summed E-state index contributed by atoms with van der Waals surface area (Å²) in [6, 6.07) is 15.6. The molecule has 7 heteroatoms. The van der Waals surface area contributed by atoms with Gasteiger partial charge in [0.05, 0.1) is 11.6 Å². The smallest absolute Gasteiger partial charge is 0.319 e. The quantitative estimate of drug-likeness (QED) is 0.831. The summed E-state index contributed by atoms with van der Waals surface area (Å²) in [4.78, 5) is 40.9. The molecule has 140 valence electrons. The van der Waals surface area contributed by atoms with Crippen LogP contribution in [0, 0.1) is 11.3 Å². The first-order chi connectivity index (χ1) is 13.4. The maximum absolute atomic E-state index is 13.0. The molecule has 1 atom stereocenters. The van der Waals surface area contributed by atoms with Gasteiger partial charge in [0.2, 0.25) is 5.91 Å². The Balaban J connectivity index is 1.57. The van der Waals surface area contributed by atoms with E-state index in [1.807, 2.05) is 30.3 Å². The number of carbonyl (C=O) groups is 3. The number of imide groups is 1. The van der Waals surface area contributed by atoms with Crippen LogP contribution in [0.15, 0.2) is 48.5 Å². The van der Waals surface area contributed by atoms with Crippen molar-refractivity contribution in [1.82, 2.24) is 10.2 Å². The molecule has 2 aliphatic heterocycles. The van der Waals surface area contributed by atoms with Gasteiger partial charge in [-0.3, -0.25) is 14.5 Å². The lowest BCUT2D eigenvalue weighted by Crippen LogP contribution is -2.44. The van der Waals surface area contributed by atoms with Crippen molar-refractivity contribution in [2.24, 2.45) is 0 Å². The van der Waals surface area contributed by atoms with Crippen LogP contribution in [0.2, 0.25) is 0 Å². The SMILES string of the molecule is CC1(c2cccc(C#N)c2)NC(=O)N(CC(=O)N2CCc3ccccc32)C1=O. The van der Waals surface area contributed by atoms with E-state index in [1.165, 1.54) is 0 Å². The molecule has 0 aromatic heterocycles. The molecule has 2 heterocycles. The third-order valence-electron chi connectivity index (χ3n) is 5.33. The van der Waals surface area contributed by atoms with Crippen LogP contribution in [0.3, 0.4) is 0 Å². The van der Waals surface area contributed by atoms with Gasteiger partial charge in [-0.25, -0.2) is 4.79 Å². The van der Waals surface area contributed by atoms with Crippen LogP contribution in [0.1, 0.15) is 23.6 Å². The van der Waals surface area contributed by atoms with Crippen LogP contribution >= 0.6 is 0 Å². The summed E-state index contributed by atoms with van der Waals surface area (Å²) in [7, 11) is 0. The van der Waals surface area contributed by atoms with Crippen molar-refractivity contribution < 1.29 is 14.4 Å². The number of benzene rings is 2. The van der Waals surface area contributed by atoms with Crippen LogP contribution in [-0.2, 0) is 21.5 Å². The summed E-state index contributed by atoms with van der Waals surface area (Å²) in [5.41, 5.74) is 1.48. The monoisotopic (exact) mass is 374 g/mol. The molecule has 2 aliphatic rings. The Morgan fingerprint density at radius 1 is 1.21 bits per heavy atom. The van der Waals surface area contributed by atoms with Crippen molar-refractivity contribution in [3.8, 4) is 6.07 Å². The maximum atomic E-state index is 13.0. The molecule has 28 heavy (non-hydrogen) atoms. The first-order valence-electron chi connectivity index (χ1n) is 8.97. The van der Waals surface area contributed by atoms with Crippen molar-refractivity contribution in [3.63, 3.8) is 0 Å². The van der Waals surface area contributed by atoms with E-state index in [4.69, 9.17) is 5.26 Å². The number of rotatable bonds is 3. The van der Waals surface area contributed by atoms with Crippen LogP contribution in [0.25, 0.3) is 0 Å². The second kappa shape index (κ2) is 6.50. The molecule has 1 saturated heterocycles. The molecule has 0 radical (unpaired) electrons. The molecule has 1 fully saturated rings. The fourth-order valence-corrected chi connectivity index (χ4v) is 3.75. The van der Waals surface area contributed by atoms with E-state index in [2.05, 4.69) is 5.32 Å². The molecule has 4 rings (SSSR count). The number of hydrogen-bond donors (Lipinski definition) is 1. The van der Waals surface area contributed by atoms with Gasteiger partial charge in [-0.05, 0) is 42.7 Å². The topological polar surface area (TPSA) is 93.5 Å². The van der Waals surface area contributed by atoms with Crippen LogP contribution in [-0.4, -0.2) is 35.8 Å². The molecule has 0 spiro atoms. The Bertz CT molecular complexity index is 1040. The number of nitriles is 1. The molecule has 1 N–H and O–H groups in total. The zero-order valence-electron chi connectivity index (χ0n) is 15.3. The Labute approximate surface area is 162 Å². The normalized spacial score (nSPS) is 20.7. The highest BCUT2D eigenvalue weighted by Gasteiger charge is 2.50. The Morgan fingerprint density at radius 2 is 2.00 bits per heavy atom. The molecular weight excluding hydrogens is 356 g/mol. The van der Waals surface area contributed by atoms with E-state index < -0.39 is 17.5 Å². The van der Waals surface area contributed by atoms with E-state index in [1.54, 1.807) is 36.1 Å². The second-order valence-corrected chi connectivity index (χ2v) is 7.06. The Kier molecular flexibility index (Phi) is 4.12. The molecule has 0 saturated carbocycles. The number of para-hydroxylation sites is 1. The highest BCUT2D eigenvalue weighted by atomic mass is 16.2. The summed E-state index contributed by atoms with van der Waals surface area (Å²) >= 11 is 0. The van der Waals surface area contributed by atoms with Gasteiger partial charge >= 0.3 is 6.03 Å². The highest BCUT2D eigenvalue weighted by molar-refractivity contribution is 6.10. The lowest BCUT2D eigenvalue weighted by molar-refractivity contribution is -0.134. The predicted octanol–water partition coefficient (Wildman–Crippen LogP) is 1.91. The number of carbonyl (C=O) groups excluding carboxylic acids is 3. The van der Waals surface area contributed by atoms with Crippen molar-refractivity contribution >= 4 is 23.5 Å². The van der Waals surface area contributed by atoms with Gasteiger partial charge in [0, 0.05) is 12.2 Å². The minimum Gasteiger partial charge on any atom is -0.319 e. The number of fused-ring (bicyclic) bond motifs is 1. The zero-order valence-corrected chi connectivity index (χ0v) is 15.3. The van der Waals surface area contributed by atoms with E-state index in [9.17, 15) is 14.4 Å². The van der Waals surface area contributed by atoms with Crippen molar-refractivity contribution in [1.29, 1.82) is 5.26 Å². The minimum absolute atomic E-state index is 0.302. The summed E-state index contributed by atoms with van der Waals surface area (Å²) in [6.45, 7) is 1.79. The largest absolute Gasteiger partial charge is 0.325 e. The number of hydrogen-bond acceptors (Lipinski definition) is 4. The summed E-state index contributed by atoms with van der Waals surface area (Å²) < 4.78 is 0. The molecule has 0 bridgehead atoms. The van der Waals surface area contributed by atoms with Gasteiger partial charge in [0.1, 0.15) is 12.1 Å². The first-order valence-corrected chi connectivity index (χ1v) is 8.97. The lowest BCUT2D eigenvalue weighted by Gasteiger charge is -2.23. The number of anilines is 1. The lowest BCUT2D eigenvalue weighted by atomic mass is 9.91. The molecule has 1 unspecified atom stereocenters. The molecule has 7 nitrogen and oxygen atoms in total. The van der Waals surface area contributed by atoms with Gasteiger partial charge < -0.3 is 10.2 Å². The number of nitrogens with one attached hydrogen (secondary N) is 1. The molecule has 2 aromatic rings. The third-order valence-corrected chi connectivity index (χ3v) is 5.33. The van der Waals surface area contributed by atoms with E-state index in [0.717, 1.165) is 22.6 Å². The number of nitrogens with zero attached hydrogens (tertiary/aromatic N) is 3. The third kappa shape index (κ3) is 2.70. The minimum atomic E-state index is -1.31. The number of urea groups is 1. The fraction of sp³-hybridized carbons (Fsp3) is 0.238. The predicted molar refractivity (Wildman–Crippen MR) is 101 cm³/mol. The van der Waals surface area contributed by atoms with Crippen LogP contribution in [0.5, 0.6) is 0 Å². The van der Waals surface area contributed by atoms with Gasteiger partial charge in [-0.1, -0.05) is 30.3 Å². The molecule has 2 aromatic carbocycles. The van der Waals surface area contributed by atoms with Gasteiger partial charge in [0.15, 0.2) is 0 Å². The molecular formula is C21H18N4O3. The van der Waals surface area contributed by atoms with Gasteiger partial charge in [-0.2, -0.15) is 5.26 Å².